The first kappa shape index (κ1) is 10.2. The summed E-state index contributed by atoms with van der Waals surface area (Å²) in [5.74, 6) is 0. The van der Waals surface area contributed by atoms with Gasteiger partial charge in [-0.3, -0.25) is 4.90 Å². The van der Waals surface area contributed by atoms with Crippen molar-refractivity contribution in [1.82, 2.24) is 14.9 Å². The summed E-state index contributed by atoms with van der Waals surface area (Å²) in [6.45, 7) is 1.99. The summed E-state index contributed by atoms with van der Waals surface area (Å²) < 4.78 is 0. The zero-order chi connectivity index (χ0) is 11.9. The van der Waals surface area contributed by atoms with E-state index in [9.17, 15) is 0 Å². The van der Waals surface area contributed by atoms with Gasteiger partial charge in [-0.15, -0.1) is 0 Å². The van der Waals surface area contributed by atoms with E-state index in [0.29, 0.717) is 6.04 Å². The van der Waals surface area contributed by atoms with E-state index >= 15 is 0 Å². The molecule has 90 valence electrons. The first-order valence-electron chi connectivity index (χ1n) is 6.49. The second-order valence-electron chi connectivity index (χ2n) is 5.23. The summed E-state index contributed by atoms with van der Waals surface area (Å²) in [5, 5.41) is 0. The van der Waals surface area contributed by atoms with Crippen LogP contribution >= 0.6 is 0 Å². The zero-order valence-corrected chi connectivity index (χ0v) is 10.2. The van der Waals surface area contributed by atoms with Crippen molar-refractivity contribution in [2.24, 2.45) is 0 Å². The van der Waals surface area contributed by atoms with Crippen LogP contribution in [0.5, 0.6) is 0 Å². The molecular weight excluding hydrogens is 222 g/mol. The lowest BCUT2D eigenvalue weighted by molar-refractivity contribution is 0.204. The summed E-state index contributed by atoms with van der Waals surface area (Å²) in [4.78, 5) is 11.0. The molecule has 0 saturated heterocycles. The predicted molar refractivity (Wildman–Crippen MR) is 68.9 cm³/mol. The van der Waals surface area contributed by atoms with Crippen LogP contribution in [0.2, 0.25) is 0 Å². The van der Waals surface area contributed by atoms with E-state index < -0.39 is 0 Å². The Morgan fingerprint density at radius 2 is 1.78 bits per heavy atom. The predicted octanol–water partition coefficient (Wildman–Crippen LogP) is 1.96. The van der Waals surface area contributed by atoms with Crippen molar-refractivity contribution >= 4 is 0 Å². The molecule has 1 aliphatic carbocycles. The number of hydrogen-bond donors (Lipinski definition) is 0. The molecule has 4 rings (SSSR count). The van der Waals surface area contributed by atoms with Gasteiger partial charge in [-0.25, -0.2) is 9.97 Å². The fourth-order valence-electron chi connectivity index (χ4n) is 3.18. The van der Waals surface area contributed by atoms with E-state index in [1.165, 1.54) is 35.2 Å². The summed E-state index contributed by atoms with van der Waals surface area (Å²) >= 11 is 0. The first-order valence-corrected chi connectivity index (χ1v) is 6.49. The highest BCUT2D eigenvalue weighted by Crippen LogP contribution is 2.30. The zero-order valence-electron chi connectivity index (χ0n) is 10.2. The number of benzene rings is 1. The van der Waals surface area contributed by atoms with Crippen LogP contribution in [0.25, 0.3) is 0 Å². The molecule has 18 heavy (non-hydrogen) atoms. The van der Waals surface area contributed by atoms with Gasteiger partial charge in [0.15, 0.2) is 0 Å². The number of fused-ring (bicyclic) bond motifs is 2. The van der Waals surface area contributed by atoms with Gasteiger partial charge >= 0.3 is 0 Å². The largest absolute Gasteiger partial charge is 0.290 e. The molecule has 0 N–H and O–H groups in total. The fraction of sp³-hybridized carbons (Fsp3) is 0.333. The topological polar surface area (TPSA) is 29.0 Å². The van der Waals surface area contributed by atoms with E-state index in [4.69, 9.17) is 0 Å². The van der Waals surface area contributed by atoms with Gasteiger partial charge in [-0.2, -0.15) is 0 Å². The lowest BCUT2D eigenvalue weighted by Gasteiger charge is -2.22. The Bertz CT molecular complexity index is 490. The maximum atomic E-state index is 4.38. The molecule has 0 fully saturated rings. The lowest BCUT2D eigenvalue weighted by atomic mass is 10.1. The van der Waals surface area contributed by atoms with E-state index in [-0.39, 0.29) is 0 Å². The van der Waals surface area contributed by atoms with Gasteiger partial charge in [-0.1, -0.05) is 24.3 Å². The highest BCUT2D eigenvalue weighted by molar-refractivity contribution is 5.34. The first-order chi connectivity index (χ1) is 8.90. The Morgan fingerprint density at radius 3 is 2.50 bits per heavy atom. The molecule has 0 bridgehead atoms. The number of hydrogen-bond acceptors (Lipinski definition) is 3. The van der Waals surface area contributed by atoms with E-state index in [1.807, 2.05) is 6.20 Å². The van der Waals surface area contributed by atoms with Crippen LogP contribution in [0.4, 0.5) is 0 Å². The molecule has 2 aromatic rings. The van der Waals surface area contributed by atoms with Crippen LogP contribution in [0.3, 0.4) is 0 Å². The maximum Gasteiger partial charge on any atom is 0.115 e. The number of aromatic nitrogens is 2. The second kappa shape index (κ2) is 3.89. The molecular formula is C15H15N3. The van der Waals surface area contributed by atoms with Crippen LogP contribution in [0.1, 0.15) is 22.4 Å². The van der Waals surface area contributed by atoms with Crippen LogP contribution in [-0.2, 0) is 25.9 Å². The minimum Gasteiger partial charge on any atom is -0.290 e. The molecule has 1 aromatic heterocycles. The monoisotopic (exact) mass is 237 g/mol. The van der Waals surface area contributed by atoms with E-state index in [2.05, 4.69) is 39.1 Å². The molecule has 3 nitrogen and oxygen atoms in total. The van der Waals surface area contributed by atoms with Crippen molar-refractivity contribution < 1.29 is 0 Å². The third-order valence-corrected chi connectivity index (χ3v) is 4.15. The Balaban J connectivity index is 1.56. The molecule has 0 unspecified atom stereocenters. The van der Waals surface area contributed by atoms with Gasteiger partial charge < -0.3 is 0 Å². The molecule has 0 spiro atoms. The lowest BCUT2D eigenvalue weighted by Crippen LogP contribution is -2.31. The molecule has 0 saturated carbocycles. The van der Waals surface area contributed by atoms with Crippen LogP contribution in [-0.4, -0.2) is 20.9 Å². The third-order valence-electron chi connectivity index (χ3n) is 4.15. The molecule has 0 radical (unpaired) electrons. The van der Waals surface area contributed by atoms with Gasteiger partial charge in [0.25, 0.3) is 0 Å². The molecule has 1 aromatic carbocycles. The Morgan fingerprint density at radius 1 is 1.00 bits per heavy atom. The van der Waals surface area contributed by atoms with Crippen molar-refractivity contribution in [2.75, 3.05) is 0 Å². The van der Waals surface area contributed by atoms with Gasteiger partial charge in [-0.05, 0) is 24.0 Å². The van der Waals surface area contributed by atoms with Gasteiger partial charge in [0.1, 0.15) is 6.33 Å². The highest BCUT2D eigenvalue weighted by atomic mass is 15.2. The summed E-state index contributed by atoms with van der Waals surface area (Å²) in [5.41, 5.74) is 5.54. The molecule has 0 atom stereocenters. The second-order valence-corrected chi connectivity index (χ2v) is 5.23. The number of nitrogens with zero attached hydrogens (tertiary/aromatic N) is 3. The standard InChI is InChI=1S/C15H15N3/c1-2-4-12-6-14(5-11(12)3-1)18-8-13-7-16-10-17-15(13)9-18/h1-4,7,10,14H,5-6,8-9H2. The average molecular weight is 237 g/mol. The van der Waals surface area contributed by atoms with E-state index in [0.717, 1.165) is 13.1 Å². The summed E-state index contributed by atoms with van der Waals surface area (Å²) in [7, 11) is 0. The third kappa shape index (κ3) is 1.55. The van der Waals surface area contributed by atoms with Crippen molar-refractivity contribution in [3.8, 4) is 0 Å². The fourth-order valence-corrected chi connectivity index (χ4v) is 3.18. The average Bonchev–Trinajstić information content (AvgIpc) is 3.02. The number of rotatable bonds is 1. The Labute approximate surface area is 107 Å². The SMILES string of the molecule is c1ccc2c(c1)CC(N1Cc3cncnc3C1)C2. The molecule has 1 aliphatic heterocycles. The van der Waals surface area contributed by atoms with Gasteiger partial charge in [0, 0.05) is 30.9 Å². The molecule has 2 heterocycles. The molecule has 0 amide bonds. The summed E-state index contributed by atoms with van der Waals surface area (Å²) in [6.07, 6.45) is 5.98. The van der Waals surface area contributed by atoms with Gasteiger partial charge in [0.2, 0.25) is 0 Å². The molecule has 2 aliphatic rings. The van der Waals surface area contributed by atoms with Gasteiger partial charge in [0.05, 0.1) is 5.69 Å². The molecule has 3 heteroatoms. The normalized spacial score (nSPS) is 18.9. The highest BCUT2D eigenvalue weighted by Gasteiger charge is 2.31. The van der Waals surface area contributed by atoms with Crippen molar-refractivity contribution in [3.05, 3.63) is 59.2 Å². The van der Waals surface area contributed by atoms with Crippen LogP contribution < -0.4 is 0 Å². The van der Waals surface area contributed by atoms with Crippen LogP contribution in [0.15, 0.2) is 36.8 Å². The Hall–Kier alpha value is -1.74. The smallest absolute Gasteiger partial charge is 0.115 e. The maximum absolute atomic E-state index is 4.38. The summed E-state index contributed by atoms with van der Waals surface area (Å²) in [6, 6.07) is 9.45. The van der Waals surface area contributed by atoms with Crippen molar-refractivity contribution in [3.63, 3.8) is 0 Å². The van der Waals surface area contributed by atoms with Crippen LogP contribution in [0, 0.1) is 0 Å². The van der Waals surface area contributed by atoms with E-state index in [1.54, 1.807) is 6.33 Å². The van der Waals surface area contributed by atoms with Crippen molar-refractivity contribution in [2.45, 2.75) is 32.0 Å². The quantitative estimate of drug-likeness (QED) is 0.759. The van der Waals surface area contributed by atoms with Crippen molar-refractivity contribution in [1.29, 1.82) is 0 Å². The minimum absolute atomic E-state index is 0.636. The minimum atomic E-state index is 0.636. The Kier molecular flexibility index (Phi) is 2.20.